The summed E-state index contributed by atoms with van der Waals surface area (Å²) in [6, 6.07) is 11.7. The molecule has 1 N–H and O–H groups in total. The predicted molar refractivity (Wildman–Crippen MR) is 86.9 cm³/mol. The van der Waals surface area contributed by atoms with Crippen molar-refractivity contribution >= 4 is 54.8 Å². The van der Waals surface area contributed by atoms with E-state index in [1.165, 1.54) is 0 Å². The Hall–Kier alpha value is -0.750. The minimum absolute atomic E-state index is 0.276. The highest BCUT2D eigenvalue weighted by Gasteiger charge is 2.16. The molecular formula is C13H10BrCl2NO2S. The van der Waals surface area contributed by atoms with Gasteiger partial charge in [0.05, 0.1) is 5.75 Å². The third kappa shape index (κ3) is 4.12. The summed E-state index contributed by atoms with van der Waals surface area (Å²) < 4.78 is 27.6. The Kier molecular flexibility index (Phi) is 4.96. The molecule has 0 aliphatic heterocycles. The van der Waals surface area contributed by atoms with Gasteiger partial charge in [-0.15, -0.1) is 0 Å². The molecule has 0 spiro atoms. The fraction of sp³-hybridized carbons (Fsp3) is 0.0769. The fourth-order valence-corrected chi connectivity index (χ4v) is 3.81. The zero-order valence-electron chi connectivity index (χ0n) is 10.1. The molecule has 0 amide bonds. The predicted octanol–water partition coefficient (Wildman–Crippen LogP) is 4.70. The van der Waals surface area contributed by atoms with Gasteiger partial charge in [-0.05, 0) is 36.4 Å². The Morgan fingerprint density at radius 2 is 1.55 bits per heavy atom. The highest BCUT2D eigenvalue weighted by atomic mass is 79.9. The molecule has 2 aromatic rings. The summed E-state index contributed by atoms with van der Waals surface area (Å²) in [7, 11) is -3.58. The number of rotatable bonds is 4. The van der Waals surface area contributed by atoms with Crippen molar-refractivity contribution < 1.29 is 8.42 Å². The lowest BCUT2D eigenvalue weighted by Crippen LogP contribution is -2.15. The molecule has 0 heterocycles. The first-order chi connectivity index (χ1) is 9.37. The minimum Gasteiger partial charge on any atom is -0.283 e. The Morgan fingerprint density at radius 1 is 1.00 bits per heavy atom. The van der Waals surface area contributed by atoms with E-state index in [1.54, 1.807) is 42.5 Å². The second-order valence-corrected chi connectivity index (χ2v) is 7.52. The van der Waals surface area contributed by atoms with E-state index in [1.807, 2.05) is 0 Å². The lowest BCUT2D eigenvalue weighted by molar-refractivity contribution is 0.600. The standard InChI is InChI=1S/C13H10BrCl2NO2S/c14-9-4-6-10(7-5-9)17-20(18,19)8-11-12(15)2-1-3-13(11)16/h1-7,17H,8H2. The molecule has 3 nitrogen and oxygen atoms in total. The van der Waals surface area contributed by atoms with Gasteiger partial charge in [-0.2, -0.15) is 0 Å². The number of halogens is 3. The van der Waals surface area contributed by atoms with Gasteiger partial charge in [0.25, 0.3) is 0 Å². The molecule has 106 valence electrons. The molecule has 0 saturated heterocycles. The van der Waals surface area contributed by atoms with Gasteiger partial charge in [0.15, 0.2) is 0 Å². The third-order valence-corrected chi connectivity index (χ3v) is 4.97. The molecule has 0 bridgehead atoms. The van der Waals surface area contributed by atoms with Gasteiger partial charge in [-0.25, -0.2) is 8.42 Å². The van der Waals surface area contributed by atoms with Crippen LogP contribution in [0.3, 0.4) is 0 Å². The Labute approximate surface area is 136 Å². The lowest BCUT2D eigenvalue weighted by Gasteiger charge is -2.10. The van der Waals surface area contributed by atoms with Crippen LogP contribution in [-0.4, -0.2) is 8.42 Å². The van der Waals surface area contributed by atoms with Crippen LogP contribution >= 0.6 is 39.1 Å². The summed E-state index contributed by atoms with van der Waals surface area (Å²) in [6.07, 6.45) is 0. The first kappa shape index (κ1) is 15.6. The summed E-state index contributed by atoms with van der Waals surface area (Å²) in [5, 5.41) is 0.664. The van der Waals surface area contributed by atoms with Gasteiger partial charge in [0.2, 0.25) is 10.0 Å². The van der Waals surface area contributed by atoms with E-state index in [4.69, 9.17) is 23.2 Å². The molecule has 0 aliphatic carbocycles. The second-order valence-electron chi connectivity index (χ2n) is 4.07. The smallest absolute Gasteiger partial charge is 0.237 e. The summed E-state index contributed by atoms with van der Waals surface area (Å²) >= 11 is 15.2. The highest BCUT2D eigenvalue weighted by molar-refractivity contribution is 9.10. The van der Waals surface area contributed by atoms with Gasteiger partial charge < -0.3 is 0 Å². The lowest BCUT2D eigenvalue weighted by atomic mass is 10.2. The molecule has 2 rings (SSSR count). The van der Waals surface area contributed by atoms with Crippen molar-refractivity contribution in [2.75, 3.05) is 4.72 Å². The Balaban J connectivity index is 2.21. The van der Waals surface area contributed by atoms with Crippen molar-refractivity contribution in [1.82, 2.24) is 0 Å². The van der Waals surface area contributed by atoms with Crippen LogP contribution in [0.15, 0.2) is 46.9 Å². The average Bonchev–Trinajstić information content (AvgIpc) is 2.37. The zero-order chi connectivity index (χ0) is 14.8. The van der Waals surface area contributed by atoms with Crippen LogP contribution in [0.2, 0.25) is 10.0 Å². The second kappa shape index (κ2) is 6.35. The van der Waals surface area contributed by atoms with Crippen LogP contribution in [0.25, 0.3) is 0 Å². The zero-order valence-corrected chi connectivity index (χ0v) is 14.0. The third-order valence-electron chi connectivity index (χ3n) is 2.51. The molecule has 0 atom stereocenters. The minimum atomic E-state index is -3.58. The number of sulfonamides is 1. The van der Waals surface area contributed by atoms with Crippen molar-refractivity contribution in [1.29, 1.82) is 0 Å². The van der Waals surface area contributed by atoms with Gasteiger partial charge in [-0.1, -0.05) is 45.2 Å². The van der Waals surface area contributed by atoms with E-state index in [0.29, 0.717) is 21.3 Å². The van der Waals surface area contributed by atoms with Gasteiger partial charge in [0, 0.05) is 25.8 Å². The van der Waals surface area contributed by atoms with E-state index in [9.17, 15) is 8.42 Å². The van der Waals surface area contributed by atoms with E-state index >= 15 is 0 Å². The van der Waals surface area contributed by atoms with Crippen molar-refractivity contribution in [3.05, 3.63) is 62.5 Å². The number of hydrogen-bond donors (Lipinski definition) is 1. The van der Waals surface area contributed by atoms with Crippen molar-refractivity contribution in [3.63, 3.8) is 0 Å². The first-order valence-electron chi connectivity index (χ1n) is 5.56. The van der Waals surface area contributed by atoms with Crippen LogP contribution in [0.5, 0.6) is 0 Å². The number of hydrogen-bond acceptors (Lipinski definition) is 2. The number of nitrogens with one attached hydrogen (secondary N) is 1. The SMILES string of the molecule is O=S(=O)(Cc1c(Cl)cccc1Cl)Nc1ccc(Br)cc1. The maximum Gasteiger partial charge on any atom is 0.237 e. The number of anilines is 1. The molecule has 2 aromatic carbocycles. The maximum absolute atomic E-state index is 12.1. The summed E-state index contributed by atoms with van der Waals surface area (Å²) in [4.78, 5) is 0. The van der Waals surface area contributed by atoms with Crippen molar-refractivity contribution in [2.24, 2.45) is 0 Å². The Bertz CT molecular complexity index is 697. The maximum atomic E-state index is 12.1. The van der Waals surface area contributed by atoms with Crippen molar-refractivity contribution in [2.45, 2.75) is 5.75 Å². The van der Waals surface area contributed by atoms with Crippen LogP contribution in [0.4, 0.5) is 5.69 Å². The van der Waals surface area contributed by atoms with Crippen LogP contribution < -0.4 is 4.72 Å². The number of benzene rings is 2. The molecule has 0 radical (unpaired) electrons. The molecule has 0 aliphatic rings. The first-order valence-corrected chi connectivity index (χ1v) is 8.76. The van der Waals surface area contributed by atoms with E-state index < -0.39 is 10.0 Å². The largest absolute Gasteiger partial charge is 0.283 e. The molecule has 0 aromatic heterocycles. The highest BCUT2D eigenvalue weighted by Crippen LogP contribution is 2.27. The molecule has 0 unspecified atom stereocenters. The van der Waals surface area contributed by atoms with E-state index in [0.717, 1.165) is 4.47 Å². The topological polar surface area (TPSA) is 46.2 Å². The molecule has 0 fully saturated rings. The summed E-state index contributed by atoms with van der Waals surface area (Å²) in [5.74, 6) is -0.276. The fourth-order valence-electron chi connectivity index (χ4n) is 1.59. The van der Waals surface area contributed by atoms with Crippen LogP contribution in [0.1, 0.15) is 5.56 Å². The van der Waals surface area contributed by atoms with Gasteiger partial charge >= 0.3 is 0 Å². The van der Waals surface area contributed by atoms with Crippen LogP contribution in [0, 0.1) is 0 Å². The molecular weight excluding hydrogens is 385 g/mol. The molecule has 0 saturated carbocycles. The normalized spacial score (nSPS) is 11.3. The van der Waals surface area contributed by atoms with E-state index in [-0.39, 0.29) is 5.75 Å². The average molecular weight is 395 g/mol. The van der Waals surface area contributed by atoms with Crippen molar-refractivity contribution in [3.8, 4) is 0 Å². The van der Waals surface area contributed by atoms with Crippen LogP contribution in [-0.2, 0) is 15.8 Å². The molecule has 7 heteroatoms. The quantitative estimate of drug-likeness (QED) is 0.816. The monoisotopic (exact) mass is 393 g/mol. The summed E-state index contributed by atoms with van der Waals surface area (Å²) in [6.45, 7) is 0. The van der Waals surface area contributed by atoms with Gasteiger partial charge in [-0.3, -0.25) is 4.72 Å². The van der Waals surface area contributed by atoms with E-state index in [2.05, 4.69) is 20.7 Å². The van der Waals surface area contributed by atoms with Gasteiger partial charge in [0.1, 0.15) is 0 Å². The Morgan fingerprint density at radius 3 is 2.10 bits per heavy atom. The molecule has 20 heavy (non-hydrogen) atoms. The summed E-state index contributed by atoms with van der Waals surface area (Å²) in [5.41, 5.74) is 0.872.